The molecule has 0 bridgehead atoms. The van der Waals surface area contributed by atoms with Crippen LogP contribution in [0.2, 0.25) is 10.0 Å². The molecular weight excluding hydrogens is 589 g/mol. The Morgan fingerprint density at radius 3 is 2.10 bits per heavy atom. The summed E-state index contributed by atoms with van der Waals surface area (Å²) >= 11 is 12.8. The Bertz CT molecular complexity index is 1460. The first kappa shape index (κ1) is 32.0. The molecule has 0 saturated heterocycles. The molecule has 0 radical (unpaired) electrons. The van der Waals surface area contributed by atoms with Crippen molar-refractivity contribution in [3.8, 4) is 11.5 Å². The Hall–Kier alpha value is -3.47. The van der Waals surface area contributed by atoms with Crippen molar-refractivity contribution in [1.29, 1.82) is 0 Å². The zero-order valence-electron chi connectivity index (χ0n) is 23.4. The number of carbonyl (C=O) groups excluding carboxylic acids is 2. The molecule has 2 amide bonds. The second-order valence-electron chi connectivity index (χ2n) is 9.42. The van der Waals surface area contributed by atoms with Crippen molar-refractivity contribution in [2.24, 2.45) is 0 Å². The number of benzene rings is 3. The predicted octanol–water partition coefficient (Wildman–Crippen LogP) is 5.15. The van der Waals surface area contributed by atoms with Crippen LogP contribution < -0.4 is 19.1 Å². The molecule has 0 saturated carbocycles. The van der Waals surface area contributed by atoms with Crippen LogP contribution in [0.25, 0.3) is 0 Å². The zero-order chi connectivity index (χ0) is 30.3. The first-order valence-electron chi connectivity index (χ1n) is 12.7. The summed E-state index contributed by atoms with van der Waals surface area (Å²) in [6, 6.07) is 16.1. The summed E-state index contributed by atoms with van der Waals surface area (Å²) < 4.78 is 39.8. The van der Waals surface area contributed by atoms with E-state index in [2.05, 4.69) is 5.32 Å². The van der Waals surface area contributed by atoms with Gasteiger partial charge in [0.2, 0.25) is 11.8 Å². The summed E-state index contributed by atoms with van der Waals surface area (Å²) in [6.45, 7) is 4.35. The lowest BCUT2D eigenvalue weighted by Gasteiger charge is -2.33. The molecule has 3 aromatic carbocycles. The molecule has 12 heteroatoms. The molecule has 0 aliphatic carbocycles. The predicted molar refractivity (Wildman–Crippen MR) is 160 cm³/mol. The number of rotatable bonds is 12. The van der Waals surface area contributed by atoms with Crippen LogP contribution in [0.3, 0.4) is 0 Å². The van der Waals surface area contributed by atoms with Crippen molar-refractivity contribution in [2.75, 3.05) is 25.1 Å². The lowest BCUT2D eigenvalue weighted by Crippen LogP contribution is -2.52. The van der Waals surface area contributed by atoms with Crippen LogP contribution in [0.1, 0.15) is 26.3 Å². The van der Waals surface area contributed by atoms with E-state index < -0.39 is 34.4 Å². The van der Waals surface area contributed by atoms with Crippen LogP contribution in [0.15, 0.2) is 71.6 Å². The molecule has 220 valence electrons. The normalized spacial score (nSPS) is 12.0. The minimum absolute atomic E-state index is 0.0380. The summed E-state index contributed by atoms with van der Waals surface area (Å²) in [4.78, 5) is 28.4. The van der Waals surface area contributed by atoms with Crippen molar-refractivity contribution < 1.29 is 27.5 Å². The van der Waals surface area contributed by atoms with Crippen molar-refractivity contribution in [3.63, 3.8) is 0 Å². The van der Waals surface area contributed by atoms with Gasteiger partial charge in [0.05, 0.1) is 24.8 Å². The molecule has 0 heterocycles. The number of methoxy groups -OCH3 is 2. The van der Waals surface area contributed by atoms with Crippen molar-refractivity contribution >= 4 is 50.7 Å². The fraction of sp³-hybridized carbons (Fsp3) is 0.310. The Morgan fingerprint density at radius 1 is 0.902 bits per heavy atom. The molecule has 0 spiro atoms. The van der Waals surface area contributed by atoms with E-state index in [4.69, 9.17) is 32.7 Å². The number of ether oxygens (including phenoxy) is 2. The summed E-state index contributed by atoms with van der Waals surface area (Å²) in [5.74, 6) is -0.542. The number of hydrogen-bond acceptors (Lipinski definition) is 6. The lowest BCUT2D eigenvalue weighted by atomic mass is 10.1. The second kappa shape index (κ2) is 13.9. The second-order valence-corrected chi connectivity index (χ2v) is 12.1. The lowest BCUT2D eigenvalue weighted by molar-refractivity contribution is -0.139. The third-order valence-electron chi connectivity index (χ3n) is 6.25. The van der Waals surface area contributed by atoms with Gasteiger partial charge >= 0.3 is 0 Å². The van der Waals surface area contributed by atoms with E-state index in [-0.39, 0.29) is 28.9 Å². The van der Waals surface area contributed by atoms with Gasteiger partial charge in [-0.05, 0) is 57.2 Å². The monoisotopic (exact) mass is 621 g/mol. The number of anilines is 1. The largest absolute Gasteiger partial charge is 0.497 e. The van der Waals surface area contributed by atoms with Crippen molar-refractivity contribution in [1.82, 2.24) is 10.2 Å². The summed E-state index contributed by atoms with van der Waals surface area (Å²) in [5.41, 5.74) is 0.504. The van der Waals surface area contributed by atoms with Gasteiger partial charge in [0.25, 0.3) is 10.0 Å². The van der Waals surface area contributed by atoms with E-state index in [0.717, 1.165) is 4.31 Å². The Morgan fingerprint density at radius 2 is 1.54 bits per heavy atom. The van der Waals surface area contributed by atoms with Crippen LogP contribution >= 0.6 is 23.2 Å². The maximum absolute atomic E-state index is 14.1. The summed E-state index contributed by atoms with van der Waals surface area (Å²) in [6.07, 6.45) is 0. The number of nitrogens with zero attached hydrogens (tertiary/aromatic N) is 2. The van der Waals surface area contributed by atoms with Crippen LogP contribution in [0, 0.1) is 0 Å². The number of carbonyl (C=O) groups is 2. The first-order valence-corrected chi connectivity index (χ1v) is 14.9. The molecule has 0 aliphatic heterocycles. The Kier molecular flexibility index (Phi) is 10.9. The number of nitrogens with one attached hydrogen (secondary N) is 1. The molecule has 3 aromatic rings. The number of halogens is 2. The molecule has 41 heavy (non-hydrogen) atoms. The molecule has 0 aromatic heterocycles. The maximum atomic E-state index is 14.1. The fourth-order valence-electron chi connectivity index (χ4n) is 4.07. The average molecular weight is 623 g/mol. The third kappa shape index (κ3) is 7.63. The van der Waals surface area contributed by atoms with Gasteiger partial charge in [-0.1, -0.05) is 47.5 Å². The van der Waals surface area contributed by atoms with Crippen LogP contribution in [-0.2, 0) is 26.2 Å². The quantitative estimate of drug-likeness (QED) is 0.300. The number of sulfonamides is 1. The zero-order valence-corrected chi connectivity index (χ0v) is 25.8. The van der Waals surface area contributed by atoms with Gasteiger partial charge in [-0.2, -0.15) is 0 Å². The molecule has 1 atom stereocenters. The van der Waals surface area contributed by atoms with Gasteiger partial charge in [0, 0.05) is 34.3 Å². The standard InChI is InChI=1S/C29H33Cl2N3O6S/c1-19(2)32-29(36)20(3)33(17-23-24(30)12-9-13-25(23)31)28(35)18-34(41(37,38)22-10-7-6-8-11-22)26-16-21(39-4)14-15-27(26)40-5/h6-16,19-20H,17-18H2,1-5H3,(H,32,36). The highest BCUT2D eigenvalue weighted by Gasteiger charge is 2.34. The van der Waals surface area contributed by atoms with E-state index in [9.17, 15) is 18.0 Å². The maximum Gasteiger partial charge on any atom is 0.264 e. The van der Waals surface area contributed by atoms with Gasteiger partial charge in [-0.25, -0.2) is 8.42 Å². The number of amides is 2. The SMILES string of the molecule is COc1ccc(OC)c(N(CC(=O)N(Cc2c(Cl)cccc2Cl)C(C)C(=O)NC(C)C)S(=O)(=O)c2ccccc2)c1. The van der Waals surface area contributed by atoms with E-state index in [1.807, 2.05) is 0 Å². The van der Waals surface area contributed by atoms with E-state index >= 15 is 0 Å². The average Bonchev–Trinajstić information content (AvgIpc) is 2.95. The van der Waals surface area contributed by atoms with Crippen LogP contribution in [0.5, 0.6) is 11.5 Å². The molecule has 0 fully saturated rings. The van der Waals surface area contributed by atoms with Gasteiger partial charge in [0.1, 0.15) is 24.1 Å². The molecule has 9 nitrogen and oxygen atoms in total. The highest BCUT2D eigenvalue weighted by atomic mass is 35.5. The van der Waals surface area contributed by atoms with Gasteiger partial charge < -0.3 is 19.7 Å². The number of hydrogen-bond donors (Lipinski definition) is 1. The minimum atomic E-state index is -4.30. The Balaban J connectivity index is 2.15. The van der Waals surface area contributed by atoms with E-state index in [0.29, 0.717) is 21.4 Å². The molecule has 1 N–H and O–H groups in total. The van der Waals surface area contributed by atoms with E-state index in [1.54, 1.807) is 69.3 Å². The Labute approximate surface area is 251 Å². The topological polar surface area (TPSA) is 105 Å². The molecule has 3 rings (SSSR count). The minimum Gasteiger partial charge on any atom is -0.497 e. The van der Waals surface area contributed by atoms with Crippen molar-refractivity contribution in [2.45, 2.75) is 44.3 Å². The van der Waals surface area contributed by atoms with Gasteiger partial charge in [0.15, 0.2) is 0 Å². The smallest absolute Gasteiger partial charge is 0.264 e. The van der Waals surface area contributed by atoms with Crippen molar-refractivity contribution in [3.05, 3.63) is 82.3 Å². The highest BCUT2D eigenvalue weighted by molar-refractivity contribution is 7.92. The fourth-order valence-corrected chi connectivity index (χ4v) is 6.02. The summed E-state index contributed by atoms with van der Waals surface area (Å²) in [5, 5.41) is 3.40. The molecule has 0 aliphatic rings. The summed E-state index contributed by atoms with van der Waals surface area (Å²) in [7, 11) is -1.46. The van der Waals surface area contributed by atoms with Gasteiger partial charge in [-0.3, -0.25) is 13.9 Å². The van der Waals surface area contributed by atoms with Crippen LogP contribution in [0.4, 0.5) is 5.69 Å². The molecular formula is C29H33Cl2N3O6S. The van der Waals surface area contributed by atoms with Crippen LogP contribution in [-0.4, -0.2) is 58.0 Å². The molecule has 1 unspecified atom stereocenters. The highest BCUT2D eigenvalue weighted by Crippen LogP contribution is 2.36. The van der Waals surface area contributed by atoms with E-state index in [1.165, 1.54) is 37.3 Å². The first-order chi connectivity index (χ1) is 19.4. The van der Waals surface area contributed by atoms with Gasteiger partial charge in [-0.15, -0.1) is 0 Å². The third-order valence-corrected chi connectivity index (χ3v) is 8.74.